The topological polar surface area (TPSA) is 9.23 Å². The Bertz CT molecular complexity index is 178. The number of thiol groups is 1. The van der Waals surface area contributed by atoms with Crippen molar-refractivity contribution in [1.82, 2.24) is 0 Å². The average molecular weight is 186 g/mol. The number of rotatable bonds is 4. The van der Waals surface area contributed by atoms with Crippen molar-refractivity contribution in [2.75, 3.05) is 13.7 Å². The van der Waals surface area contributed by atoms with Gasteiger partial charge in [-0.05, 0) is 24.5 Å². The third-order valence-corrected chi connectivity index (χ3v) is 2.01. The Morgan fingerprint density at radius 3 is 2.58 bits per heavy atom. The van der Waals surface area contributed by atoms with Gasteiger partial charge in [-0.25, -0.2) is 0 Å². The highest BCUT2D eigenvalue weighted by molar-refractivity contribution is 7.81. The molecular weight excluding hydrogens is 168 g/mol. The van der Waals surface area contributed by atoms with Gasteiger partial charge in [-0.3, -0.25) is 0 Å². The Labute approximate surface area is 80.9 Å². The monoisotopic (exact) mass is 186 g/mol. The molecule has 0 amide bonds. The molecule has 0 aromatic rings. The van der Waals surface area contributed by atoms with Gasteiger partial charge in [0.15, 0.2) is 0 Å². The first-order valence-corrected chi connectivity index (χ1v) is 4.70. The molecular formula is C10H18OS. The van der Waals surface area contributed by atoms with Crippen molar-refractivity contribution in [3.63, 3.8) is 0 Å². The summed E-state index contributed by atoms with van der Waals surface area (Å²) in [6, 6.07) is 0. The Morgan fingerprint density at radius 2 is 2.17 bits per heavy atom. The number of hydrogen-bond donors (Lipinski definition) is 1. The van der Waals surface area contributed by atoms with Gasteiger partial charge >= 0.3 is 0 Å². The highest BCUT2D eigenvalue weighted by atomic mass is 32.1. The van der Waals surface area contributed by atoms with E-state index in [1.807, 2.05) is 13.0 Å². The zero-order valence-electron chi connectivity index (χ0n) is 8.29. The predicted molar refractivity (Wildman–Crippen MR) is 56.8 cm³/mol. The maximum absolute atomic E-state index is 4.98. The Kier molecular flexibility index (Phi) is 6.27. The molecule has 0 aliphatic heterocycles. The summed E-state index contributed by atoms with van der Waals surface area (Å²) in [5.74, 6) is 0.544. The van der Waals surface area contributed by atoms with Gasteiger partial charge in [0.2, 0.25) is 0 Å². The van der Waals surface area contributed by atoms with Crippen LogP contribution in [0.1, 0.15) is 20.8 Å². The summed E-state index contributed by atoms with van der Waals surface area (Å²) in [4.78, 5) is 0. The van der Waals surface area contributed by atoms with E-state index in [0.717, 1.165) is 5.57 Å². The van der Waals surface area contributed by atoms with Crippen molar-refractivity contribution >= 4 is 12.6 Å². The molecule has 0 aromatic heterocycles. The second-order valence-corrected chi connectivity index (χ2v) is 3.83. The van der Waals surface area contributed by atoms with Crippen LogP contribution in [0.3, 0.4) is 0 Å². The van der Waals surface area contributed by atoms with E-state index >= 15 is 0 Å². The van der Waals surface area contributed by atoms with E-state index in [1.54, 1.807) is 7.11 Å². The fraction of sp³-hybridized carbons (Fsp3) is 0.700. The summed E-state index contributed by atoms with van der Waals surface area (Å²) in [6.07, 6.45) is 2.05. The molecule has 0 saturated carbocycles. The van der Waals surface area contributed by atoms with Gasteiger partial charge in [-0.15, -0.1) is 5.73 Å². The van der Waals surface area contributed by atoms with Gasteiger partial charge < -0.3 is 4.74 Å². The molecule has 1 atom stereocenters. The van der Waals surface area contributed by atoms with Crippen LogP contribution in [0.2, 0.25) is 0 Å². The van der Waals surface area contributed by atoms with E-state index in [0.29, 0.717) is 12.5 Å². The lowest BCUT2D eigenvalue weighted by Gasteiger charge is -2.06. The minimum absolute atomic E-state index is 0.171. The fourth-order valence-corrected chi connectivity index (χ4v) is 0.901. The lowest BCUT2D eigenvalue weighted by molar-refractivity contribution is 0.206. The van der Waals surface area contributed by atoms with Crippen LogP contribution in [-0.2, 0) is 4.74 Å². The Morgan fingerprint density at radius 1 is 1.58 bits per heavy atom. The minimum Gasteiger partial charge on any atom is -0.383 e. The second kappa shape index (κ2) is 6.36. The van der Waals surface area contributed by atoms with Crippen LogP contribution in [-0.4, -0.2) is 19.0 Å². The third-order valence-electron chi connectivity index (χ3n) is 1.47. The van der Waals surface area contributed by atoms with Crippen LogP contribution < -0.4 is 0 Å². The fourth-order valence-electron chi connectivity index (χ4n) is 0.677. The smallest absolute Gasteiger partial charge is 0.0622 e. The van der Waals surface area contributed by atoms with Crippen molar-refractivity contribution in [2.24, 2.45) is 5.92 Å². The van der Waals surface area contributed by atoms with Crippen LogP contribution in [0.5, 0.6) is 0 Å². The normalized spacial score (nSPS) is 12.5. The Balaban J connectivity index is 4.16. The van der Waals surface area contributed by atoms with Crippen LogP contribution in [0.25, 0.3) is 0 Å². The summed E-state index contributed by atoms with van der Waals surface area (Å²) in [5.41, 5.74) is 4.34. The first kappa shape index (κ1) is 11.8. The van der Waals surface area contributed by atoms with E-state index < -0.39 is 0 Å². The van der Waals surface area contributed by atoms with Crippen molar-refractivity contribution in [1.29, 1.82) is 0 Å². The Hall–Kier alpha value is -0.170. The SMILES string of the molecule is COCC(S)C(C)=C=CC(C)C. The molecule has 0 aliphatic rings. The molecule has 70 valence electrons. The summed E-state index contributed by atoms with van der Waals surface area (Å²) in [5, 5.41) is 0.171. The minimum atomic E-state index is 0.171. The van der Waals surface area contributed by atoms with Crippen LogP contribution in [0.15, 0.2) is 17.4 Å². The number of methoxy groups -OCH3 is 1. The first-order chi connectivity index (χ1) is 5.57. The summed E-state index contributed by atoms with van der Waals surface area (Å²) in [7, 11) is 1.68. The molecule has 0 spiro atoms. The zero-order valence-corrected chi connectivity index (χ0v) is 9.19. The third kappa shape index (κ3) is 5.48. The molecule has 0 N–H and O–H groups in total. The number of hydrogen-bond acceptors (Lipinski definition) is 2. The highest BCUT2D eigenvalue weighted by Crippen LogP contribution is 2.07. The van der Waals surface area contributed by atoms with Gasteiger partial charge in [-0.1, -0.05) is 13.8 Å². The van der Waals surface area contributed by atoms with E-state index in [-0.39, 0.29) is 5.25 Å². The van der Waals surface area contributed by atoms with Crippen LogP contribution in [0, 0.1) is 5.92 Å². The van der Waals surface area contributed by atoms with Crippen molar-refractivity contribution in [2.45, 2.75) is 26.0 Å². The molecule has 12 heavy (non-hydrogen) atoms. The van der Waals surface area contributed by atoms with Gasteiger partial charge in [0.1, 0.15) is 0 Å². The van der Waals surface area contributed by atoms with Gasteiger partial charge in [-0.2, -0.15) is 12.6 Å². The molecule has 2 heteroatoms. The maximum atomic E-state index is 4.98. The molecule has 0 saturated heterocycles. The first-order valence-electron chi connectivity index (χ1n) is 4.18. The van der Waals surface area contributed by atoms with Gasteiger partial charge in [0.05, 0.1) is 11.9 Å². The summed E-state index contributed by atoms with van der Waals surface area (Å²) < 4.78 is 4.98. The van der Waals surface area contributed by atoms with E-state index in [4.69, 9.17) is 4.74 Å². The van der Waals surface area contributed by atoms with Crippen molar-refractivity contribution in [3.8, 4) is 0 Å². The lowest BCUT2D eigenvalue weighted by Crippen LogP contribution is -2.07. The van der Waals surface area contributed by atoms with E-state index in [1.165, 1.54) is 0 Å². The lowest BCUT2D eigenvalue weighted by atomic mass is 10.2. The van der Waals surface area contributed by atoms with E-state index in [9.17, 15) is 0 Å². The standard InChI is InChI=1S/C10H18OS/c1-8(2)5-6-9(3)10(12)7-11-4/h5,8,10,12H,7H2,1-4H3. The predicted octanol–water partition coefficient (Wildman–Crippen LogP) is 2.69. The highest BCUT2D eigenvalue weighted by Gasteiger charge is 2.02. The maximum Gasteiger partial charge on any atom is 0.0622 e. The van der Waals surface area contributed by atoms with Crippen molar-refractivity contribution in [3.05, 3.63) is 17.4 Å². The van der Waals surface area contributed by atoms with Crippen molar-refractivity contribution < 1.29 is 4.74 Å². The zero-order chi connectivity index (χ0) is 9.56. The molecule has 1 nitrogen and oxygen atoms in total. The molecule has 0 aliphatic carbocycles. The van der Waals surface area contributed by atoms with Crippen LogP contribution in [0.4, 0.5) is 0 Å². The summed E-state index contributed by atoms with van der Waals surface area (Å²) >= 11 is 4.36. The van der Waals surface area contributed by atoms with E-state index in [2.05, 4.69) is 32.2 Å². The summed E-state index contributed by atoms with van der Waals surface area (Å²) in [6.45, 7) is 6.93. The molecule has 0 aromatic carbocycles. The molecule has 0 radical (unpaired) electrons. The average Bonchev–Trinajstić information content (AvgIpc) is 2.00. The molecule has 0 rings (SSSR count). The molecule has 0 bridgehead atoms. The molecule has 0 fully saturated rings. The quantitative estimate of drug-likeness (QED) is 0.524. The molecule has 1 unspecified atom stereocenters. The van der Waals surface area contributed by atoms with Gasteiger partial charge in [0.25, 0.3) is 0 Å². The van der Waals surface area contributed by atoms with Gasteiger partial charge in [0, 0.05) is 7.11 Å². The second-order valence-electron chi connectivity index (χ2n) is 3.21. The number of ether oxygens (including phenoxy) is 1. The largest absolute Gasteiger partial charge is 0.383 e. The van der Waals surface area contributed by atoms with Crippen LogP contribution >= 0.6 is 12.6 Å². The molecule has 0 heterocycles.